The highest BCUT2D eigenvalue weighted by atomic mass is 35.5. The summed E-state index contributed by atoms with van der Waals surface area (Å²) in [6.07, 6.45) is 3.22. The minimum atomic E-state index is 0. The summed E-state index contributed by atoms with van der Waals surface area (Å²) in [4.78, 5) is 0. The molecule has 4 heteroatoms. The summed E-state index contributed by atoms with van der Waals surface area (Å²) in [6.45, 7) is 3.84. The van der Waals surface area contributed by atoms with E-state index in [0.717, 1.165) is 39.1 Å². The lowest BCUT2D eigenvalue weighted by atomic mass is 10.1. The zero-order valence-corrected chi connectivity index (χ0v) is 7.94. The fourth-order valence-corrected chi connectivity index (χ4v) is 1.50. The number of rotatable bonds is 2. The largest absolute Gasteiger partial charge is 0.376 e. The number of piperidine rings is 1. The van der Waals surface area contributed by atoms with E-state index in [4.69, 9.17) is 9.47 Å². The van der Waals surface area contributed by atoms with Crippen molar-refractivity contribution in [3.8, 4) is 0 Å². The minimum absolute atomic E-state index is 0. The quantitative estimate of drug-likeness (QED) is 0.696. The molecule has 0 atom stereocenters. The Kier molecular flexibility index (Phi) is 4.29. The molecular weight excluding hydrogens is 178 g/mol. The third-order valence-electron chi connectivity index (χ3n) is 2.28. The van der Waals surface area contributed by atoms with Crippen molar-refractivity contribution >= 4 is 12.4 Å². The van der Waals surface area contributed by atoms with Crippen molar-refractivity contribution in [2.75, 3.05) is 26.3 Å². The summed E-state index contributed by atoms with van der Waals surface area (Å²) >= 11 is 0. The number of hydrogen-bond acceptors (Lipinski definition) is 3. The molecule has 3 nitrogen and oxygen atoms in total. The van der Waals surface area contributed by atoms with Crippen LogP contribution in [0.15, 0.2) is 0 Å². The molecule has 0 spiro atoms. The van der Waals surface area contributed by atoms with Crippen LogP contribution in [0.2, 0.25) is 0 Å². The van der Waals surface area contributed by atoms with Crippen molar-refractivity contribution < 1.29 is 9.47 Å². The molecule has 0 radical (unpaired) electrons. The van der Waals surface area contributed by atoms with Gasteiger partial charge in [0.05, 0.1) is 19.3 Å². The average Bonchev–Trinajstić information content (AvgIpc) is 1.99. The van der Waals surface area contributed by atoms with Crippen LogP contribution in [0.25, 0.3) is 0 Å². The van der Waals surface area contributed by atoms with Gasteiger partial charge in [-0.25, -0.2) is 0 Å². The van der Waals surface area contributed by atoms with Gasteiger partial charge in [-0.2, -0.15) is 0 Å². The van der Waals surface area contributed by atoms with Gasteiger partial charge in [0.25, 0.3) is 0 Å². The summed E-state index contributed by atoms with van der Waals surface area (Å²) in [6, 6.07) is 0. The Bertz CT molecular complexity index is 124. The summed E-state index contributed by atoms with van der Waals surface area (Å²) in [5, 5.41) is 3.31. The molecular formula is C8H16ClNO2. The second-order valence-corrected chi connectivity index (χ2v) is 3.24. The van der Waals surface area contributed by atoms with Crippen LogP contribution in [-0.2, 0) is 9.47 Å². The van der Waals surface area contributed by atoms with Gasteiger partial charge in [0, 0.05) is 0 Å². The lowest BCUT2D eigenvalue weighted by molar-refractivity contribution is -0.158. The fourth-order valence-electron chi connectivity index (χ4n) is 1.50. The van der Waals surface area contributed by atoms with Gasteiger partial charge in [-0.15, -0.1) is 12.4 Å². The third-order valence-corrected chi connectivity index (χ3v) is 2.28. The predicted molar refractivity (Wildman–Crippen MR) is 48.8 cm³/mol. The molecule has 72 valence electrons. The highest BCUT2D eigenvalue weighted by molar-refractivity contribution is 5.85. The van der Waals surface area contributed by atoms with Gasteiger partial charge in [-0.1, -0.05) is 0 Å². The van der Waals surface area contributed by atoms with Crippen LogP contribution in [0, 0.1) is 0 Å². The number of hydrogen-bond donors (Lipinski definition) is 1. The van der Waals surface area contributed by atoms with Gasteiger partial charge in [-0.3, -0.25) is 0 Å². The van der Waals surface area contributed by atoms with E-state index < -0.39 is 0 Å². The SMILES string of the molecule is C1CC(OC2COC2)CCN1.Cl. The van der Waals surface area contributed by atoms with Gasteiger partial charge in [0.2, 0.25) is 0 Å². The maximum absolute atomic E-state index is 5.76. The Morgan fingerprint density at radius 1 is 1.08 bits per heavy atom. The van der Waals surface area contributed by atoms with E-state index in [0.29, 0.717) is 12.2 Å². The Morgan fingerprint density at radius 2 is 1.75 bits per heavy atom. The number of nitrogens with one attached hydrogen (secondary N) is 1. The van der Waals surface area contributed by atoms with Crippen LogP contribution in [-0.4, -0.2) is 38.5 Å². The second kappa shape index (κ2) is 5.02. The molecule has 2 aliphatic rings. The fraction of sp³-hybridized carbons (Fsp3) is 1.00. The first kappa shape index (κ1) is 10.3. The van der Waals surface area contributed by atoms with E-state index >= 15 is 0 Å². The predicted octanol–water partition coefficient (Wildman–Crippen LogP) is 0.576. The van der Waals surface area contributed by atoms with Crippen molar-refractivity contribution in [2.45, 2.75) is 25.0 Å². The van der Waals surface area contributed by atoms with Crippen LogP contribution in [0.1, 0.15) is 12.8 Å². The summed E-state index contributed by atoms with van der Waals surface area (Å²) < 4.78 is 10.8. The minimum Gasteiger partial charge on any atom is -0.376 e. The molecule has 2 rings (SSSR count). The summed E-state index contributed by atoms with van der Waals surface area (Å²) in [5.41, 5.74) is 0. The van der Waals surface area contributed by atoms with Crippen LogP contribution >= 0.6 is 12.4 Å². The second-order valence-electron chi connectivity index (χ2n) is 3.24. The van der Waals surface area contributed by atoms with Crippen LogP contribution in [0.4, 0.5) is 0 Å². The molecule has 0 amide bonds. The van der Waals surface area contributed by atoms with E-state index in [1.807, 2.05) is 0 Å². The van der Waals surface area contributed by atoms with E-state index in [1.165, 1.54) is 0 Å². The first-order valence-corrected chi connectivity index (χ1v) is 4.39. The first-order chi connectivity index (χ1) is 5.45. The van der Waals surface area contributed by atoms with Gasteiger partial charge < -0.3 is 14.8 Å². The van der Waals surface area contributed by atoms with E-state index in [9.17, 15) is 0 Å². The van der Waals surface area contributed by atoms with Crippen molar-refractivity contribution in [2.24, 2.45) is 0 Å². The lowest BCUT2D eigenvalue weighted by Gasteiger charge is -2.32. The van der Waals surface area contributed by atoms with E-state index in [-0.39, 0.29) is 12.4 Å². The lowest BCUT2D eigenvalue weighted by Crippen LogP contribution is -2.42. The molecule has 0 bridgehead atoms. The molecule has 0 saturated carbocycles. The molecule has 2 heterocycles. The van der Waals surface area contributed by atoms with Gasteiger partial charge in [-0.05, 0) is 25.9 Å². The van der Waals surface area contributed by atoms with Crippen molar-refractivity contribution in [1.82, 2.24) is 5.32 Å². The molecule has 0 aromatic carbocycles. The van der Waals surface area contributed by atoms with Crippen LogP contribution < -0.4 is 5.32 Å². The Labute approximate surface area is 79.2 Å². The highest BCUT2D eigenvalue weighted by Crippen LogP contribution is 2.14. The maximum Gasteiger partial charge on any atom is 0.104 e. The molecule has 0 aromatic heterocycles. The summed E-state index contributed by atoms with van der Waals surface area (Å²) in [5.74, 6) is 0. The molecule has 12 heavy (non-hydrogen) atoms. The molecule has 2 fully saturated rings. The van der Waals surface area contributed by atoms with Crippen LogP contribution in [0.5, 0.6) is 0 Å². The normalized spacial score (nSPS) is 26.0. The third kappa shape index (κ3) is 2.59. The summed E-state index contributed by atoms with van der Waals surface area (Å²) in [7, 11) is 0. The molecule has 2 saturated heterocycles. The van der Waals surface area contributed by atoms with E-state index in [2.05, 4.69) is 5.32 Å². The smallest absolute Gasteiger partial charge is 0.104 e. The van der Waals surface area contributed by atoms with Gasteiger partial charge >= 0.3 is 0 Å². The maximum atomic E-state index is 5.76. The van der Waals surface area contributed by atoms with E-state index in [1.54, 1.807) is 0 Å². The standard InChI is InChI=1S/C8H15NO2.ClH/c1-3-9-4-2-7(1)11-8-5-10-6-8;/h7-9H,1-6H2;1H. The molecule has 0 unspecified atom stereocenters. The molecule has 0 aromatic rings. The molecule has 1 N–H and O–H groups in total. The monoisotopic (exact) mass is 193 g/mol. The van der Waals surface area contributed by atoms with Crippen molar-refractivity contribution in [3.63, 3.8) is 0 Å². The molecule has 2 aliphatic heterocycles. The Morgan fingerprint density at radius 3 is 2.25 bits per heavy atom. The van der Waals surface area contributed by atoms with Gasteiger partial charge in [0.15, 0.2) is 0 Å². The first-order valence-electron chi connectivity index (χ1n) is 4.39. The Balaban J connectivity index is 0.000000720. The average molecular weight is 194 g/mol. The topological polar surface area (TPSA) is 30.5 Å². The Hall–Kier alpha value is 0.170. The zero-order valence-electron chi connectivity index (χ0n) is 7.12. The van der Waals surface area contributed by atoms with Crippen molar-refractivity contribution in [3.05, 3.63) is 0 Å². The highest BCUT2D eigenvalue weighted by Gasteiger charge is 2.24. The van der Waals surface area contributed by atoms with Crippen molar-refractivity contribution in [1.29, 1.82) is 0 Å². The number of ether oxygens (including phenoxy) is 2. The van der Waals surface area contributed by atoms with Crippen LogP contribution in [0.3, 0.4) is 0 Å². The number of halogens is 1. The zero-order chi connectivity index (χ0) is 7.52. The van der Waals surface area contributed by atoms with Gasteiger partial charge in [0.1, 0.15) is 6.10 Å². The molecule has 0 aliphatic carbocycles.